The number of carbonyl (C=O) groups excluding carboxylic acids is 1. The van der Waals surface area contributed by atoms with E-state index in [0.717, 1.165) is 18.6 Å². The lowest BCUT2D eigenvalue weighted by Gasteiger charge is -2.03. The number of hydrogen-bond acceptors (Lipinski definition) is 3. The fourth-order valence-corrected chi connectivity index (χ4v) is 1.28. The standard InChI is InChI=1S/C14H18O3/c1-2-16-14(15)11-7-4-8-12-17-13-9-5-3-6-10-13/h3,5-7,9-11H,2,4,8,12H2,1H3/b11-7-. The molecule has 0 radical (unpaired) electrons. The van der Waals surface area contributed by atoms with Crippen LogP contribution in [0, 0.1) is 0 Å². The summed E-state index contributed by atoms with van der Waals surface area (Å²) in [4.78, 5) is 11.0. The van der Waals surface area contributed by atoms with Crippen LogP contribution in [-0.4, -0.2) is 19.2 Å². The number of unbranched alkanes of at least 4 members (excludes halogenated alkanes) is 1. The summed E-state index contributed by atoms with van der Waals surface area (Å²) in [6.07, 6.45) is 4.97. The van der Waals surface area contributed by atoms with Crippen molar-refractivity contribution < 1.29 is 14.3 Å². The lowest BCUT2D eigenvalue weighted by Crippen LogP contribution is -1.99. The third kappa shape index (κ3) is 6.40. The van der Waals surface area contributed by atoms with Crippen LogP contribution in [0.5, 0.6) is 5.75 Å². The molecule has 0 aliphatic carbocycles. The summed E-state index contributed by atoms with van der Waals surface area (Å²) in [7, 11) is 0. The van der Waals surface area contributed by atoms with Crippen LogP contribution in [0.15, 0.2) is 42.5 Å². The first-order valence-electron chi connectivity index (χ1n) is 5.84. The molecule has 0 saturated carbocycles. The Bertz CT molecular complexity index is 344. The second-order valence-electron chi connectivity index (χ2n) is 3.46. The van der Waals surface area contributed by atoms with Crippen LogP contribution < -0.4 is 4.74 Å². The smallest absolute Gasteiger partial charge is 0.330 e. The van der Waals surface area contributed by atoms with E-state index < -0.39 is 0 Å². The molecule has 0 aliphatic rings. The third-order valence-electron chi connectivity index (χ3n) is 2.07. The molecule has 0 aliphatic heterocycles. The van der Waals surface area contributed by atoms with Gasteiger partial charge in [-0.15, -0.1) is 0 Å². The van der Waals surface area contributed by atoms with Crippen molar-refractivity contribution in [1.29, 1.82) is 0 Å². The van der Waals surface area contributed by atoms with E-state index in [-0.39, 0.29) is 5.97 Å². The highest BCUT2D eigenvalue weighted by molar-refractivity contribution is 5.81. The van der Waals surface area contributed by atoms with Gasteiger partial charge in [0.05, 0.1) is 13.2 Å². The molecule has 0 atom stereocenters. The molecule has 0 amide bonds. The van der Waals surface area contributed by atoms with E-state index >= 15 is 0 Å². The van der Waals surface area contributed by atoms with Crippen molar-refractivity contribution in [2.24, 2.45) is 0 Å². The van der Waals surface area contributed by atoms with Crippen molar-refractivity contribution >= 4 is 5.97 Å². The quantitative estimate of drug-likeness (QED) is 0.413. The number of allylic oxidation sites excluding steroid dienone is 1. The van der Waals surface area contributed by atoms with Gasteiger partial charge in [-0.3, -0.25) is 0 Å². The molecule has 1 rings (SSSR count). The molecule has 1 aromatic carbocycles. The Labute approximate surface area is 102 Å². The minimum atomic E-state index is -0.281. The van der Waals surface area contributed by atoms with E-state index in [0.29, 0.717) is 13.2 Å². The molecule has 1 aromatic rings. The summed E-state index contributed by atoms with van der Waals surface area (Å²) >= 11 is 0. The first-order valence-corrected chi connectivity index (χ1v) is 5.84. The maximum absolute atomic E-state index is 11.0. The Morgan fingerprint density at radius 3 is 2.76 bits per heavy atom. The highest BCUT2D eigenvalue weighted by atomic mass is 16.5. The average molecular weight is 234 g/mol. The van der Waals surface area contributed by atoms with Crippen LogP contribution >= 0.6 is 0 Å². The van der Waals surface area contributed by atoms with E-state index in [2.05, 4.69) is 0 Å². The zero-order valence-electron chi connectivity index (χ0n) is 10.1. The van der Waals surface area contributed by atoms with Crippen LogP contribution in [0.2, 0.25) is 0 Å². The average Bonchev–Trinajstić information content (AvgIpc) is 2.35. The van der Waals surface area contributed by atoms with E-state index in [1.54, 1.807) is 6.92 Å². The molecular weight excluding hydrogens is 216 g/mol. The van der Waals surface area contributed by atoms with Crippen molar-refractivity contribution in [1.82, 2.24) is 0 Å². The molecule has 0 bridgehead atoms. The van der Waals surface area contributed by atoms with Gasteiger partial charge >= 0.3 is 5.97 Å². The van der Waals surface area contributed by atoms with Crippen LogP contribution in [-0.2, 0) is 9.53 Å². The van der Waals surface area contributed by atoms with E-state index in [1.807, 2.05) is 36.4 Å². The van der Waals surface area contributed by atoms with Crippen LogP contribution in [0.1, 0.15) is 19.8 Å². The van der Waals surface area contributed by atoms with Gasteiger partial charge in [0, 0.05) is 6.08 Å². The van der Waals surface area contributed by atoms with E-state index in [9.17, 15) is 4.79 Å². The molecule has 0 fully saturated rings. The van der Waals surface area contributed by atoms with Gasteiger partial charge in [-0.2, -0.15) is 0 Å². The van der Waals surface area contributed by atoms with Crippen molar-refractivity contribution in [3.05, 3.63) is 42.5 Å². The minimum Gasteiger partial charge on any atom is -0.494 e. The van der Waals surface area contributed by atoms with Crippen molar-refractivity contribution in [3.8, 4) is 5.75 Å². The van der Waals surface area contributed by atoms with Gasteiger partial charge < -0.3 is 9.47 Å². The molecule has 17 heavy (non-hydrogen) atoms. The number of rotatable bonds is 7. The van der Waals surface area contributed by atoms with Crippen molar-refractivity contribution in [2.45, 2.75) is 19.8 Å². The summed E-state index contributed by atoms with van der Waals surface area (Å²) in [6.45, 7) is 2.86. The molecule has 0 N–H and O–H groups in total. The lowest BCUT2D eigenvalue weighted by molar-refractivity contribution is -0.137. The van der Waals surface area contributed by atoms with Crippen LogP contribution in [0.25, 0.3) is 0 Å². The number of carbonyl (C=O) groups is 1. The Morgan fingerprint density at radius 2 is 2.06 bits per heavy atom. The molecule has 3 heteroatoms. The molecule has 0 spiro atoms. The van der Waals surface area contributed by atoms with E-state index in [1.165, 1.54) is 6.08 Å². The predicted octanol–water partition coefficient (Wildman–Crippen LogP) is 2.96. The monoisotopic (exact) mass is 234 g/mol. The van der Waals surface area contributed by atoms with Crippen molar-refractivity contribution in [2.75, 3.05) is 13.2 Å². The molecule has 3 nitrogen and oxygen atoms in total. The van der Waals surface area contributed by atoms with Gasteiger partial charge in [0.1, 0.15) is 5.75 Å². The number of ether oxygens (including phenoxy) is 2. The molecule has 0 aromatic heterocycles. The number of hydrogen-bond donors (Lipinski definition) is 0. The summed E-state index contributed by atoms with van der Waals surface area (Å²) < 4.78 is 10.3. The molecular formula is C14H18O3. The molecule has 92 valence electrons. The first kappa shape index (κ1) is 13.3. The molecule has 0 unspecified atom stereocenters. The van der Waals surface area contributed by atoms with Gasteiger partial charge in [0.2, 0.25) is 0 Å². The van der Waals surface area contributed by atoms with Crippen LogP contribution in [0.4, 0.5) is 0 Å². The summed E-state index contributed by atoms with van der Waals surface area (Å²) in [6, 6.07) is 9.68. The highest BCUT2D eigenvalue weighted by Crippen LogP contribution is 2.08. The van der Waals surface area contributed by atoms with Gasteiger partial charge in [0.25, 0.3) is 0 Å². The largest absolute Gasteiger partial charge is 0.494 e. The maximum atomic E-state index is 11.0. The number of para-hydroxylation sites is 1. The SMILES string of the molecule is CCOC(=O)/C=C\CCCOc1ccccc1. The topological polar surface area (TPSA) is 35.5 Å². The summed E-state index contributed by atoms with van der Waals surface area (Å²) in [5, 5.41) is 0. The Morgan fingerprint density at radius 1 is 1.29 bits per heavy atom. The minimum absolute atomic E-state index is 0.281. The van der Waals surface area contributed by atoms with Crippen LogP contribution in [0.3, 0.4) is 0 Å². The normalized spacial score (nSPS) is 10.4. The molecule has 0 heterocycles. The maximum Gasteiger partial charge on any atom is 0.330 e. The molecule has 0 saturated heterocycles. The zero-order valence-corrected chi connectivity index (χ0v) is 10.1. The second-order valence-corrected chi connectivity index (χ2v) is 3.46. The zero-order chi connectivity index (χ0) is 12.3. The second kappa shape index (κ2) is 8.39. The third-order valence-corrected chi connectivity index (χ3v) is 2.07. The summed E-state index contributed by atoms with van der Waals surface area (Å²) in [5.41, 5.74) is 0. The Balaban J connectivity index is 2.07. The lowest BCUT2D eigenvalue weighted by atomic mass is 10.3. The Hall–Kier alpha value is -1.77. The van der Waals surface area contributed by atoms with Gasteiger partial charge in [0.15, 0.2) is 0 Å². The summed E-state index contributed by atoms with van der Waals surface area (Å²) in [5.74, 6) is 0.596. The van der Waals surface area contributed by atoms with Gasteiger partial charge in [-0.1, -0.05) is 24.3 Å². The number of esters is 1. The number of benzene rings is 1. The van der Waals surface area contributed by atoms with Crippen molar-refractivity contribution in [3.63, 3.8) is 0 Å². The first-order chi connectivity index (χ1) is 8.33. The highest BCUT2D eigenvalue weighted by Gasteiger charge is 1.93. The van der Waals surface area contributed by atoms with Gasteiger partial charge in [-0.05, 0) is 31.9 Å². The Kier molecular flexibility index (Phi) is 6.56. The van der Waals surface area contributed by atoms with Gasteiger partial charge in [-0.25, -0.2) is 4.79 Å². The fourth-order valence-electron chi connectivity index (χ4n) is 1.28. The van der Waals surface area contributed by atoms with E-state index in [4.69, 9.17) is 9.47 Å². The predicted molar refractivity (Wildman–Crippen MR) is 66.9 cm³/mol. The fraction of sp³-hybridized carbons (Fsp3) is 0.357.